The van der Waals surface area contributed by atoms with Crippen LogP contribution in [0.25, 0.3) is 11.4 Å². The Balaban J connectivity index is 1.70. The maximum atomic E-state index is 12.4. The van der Waals surface area contributed by atoms with Crippen molar-refractivity contribution in [3.8, 4) is 11.4 Å². The molecule has 0 radical (unpaired) electrons. The van der Waals surface area contributed by atoms with Crippen molar-refractivity contribution in [3.05, 3.63) is 59.1 Å². The third-order valence-corrected chi connectivity index (χ3v) is 4.43. The van der Waals surface area contributed by atoms with Gasteiger partial charge in [0.1, 0.15) is 6.54 Å². The number of halogens is 1. The van der Waals surface area contributed by atoms with Crippen molar-refractivity contribution in [3.63, 3.8) is 0 Å². The highest BCUT2D eigenvalue weighted by Crippen LogP contribution is 2.26. The van der Waals surface area contributed by atoms with Crippen LogP contribution in [0, 0.1) is 0 Å². The number of hydrogen-bond donors (Lipinski definition) is 1. The second-order valence-corrected chi connectivity index (χ2v) is 6.53. The monoisotopic (exact) mass is 369 g/mol. The van der Waals surface area contributed by atoms with Crippen molar-refractivity contribution < 1.29 is 4.79 Å². The van der Waals surface area contributed by atoms with Gasteiger partial charge >= 0.3 is 0 Å². The maximum absolute atomic E-state index is 12.4. The Hall–Kier alpha value is -2.73. The van der Waals surface area contributed by atoms with Gasteiger partial charge in [-0.3, -0.25) is 4.79 Å². The van der Waals surface area contributed by atoms with Gasteiger partial charge in [-0.2, -0.15) is 4.80 Å². The van der Waals surface area contributed by atoms with E-state index in [2.05, 4.69) is 34.6 Å². The van der Waals surface area contributed by atoms with E-state index in [1.54, 1.807) is 12.1 Å². The molecule has 3 rings (SSSR count). The topological polar surface area (TPSA) is 72.7 Å². The number of nitrogens with one attached hydrogen (secondary N) is 1. The number of rotatable bonds is 6. The number of hydrogen-bond acceptors (Lipinski definition) is 4. The van der Waals surface area contributed by atoms with Crippen LogP contribution >= 0.6 is 11.6 Å². The van der Waals surface area contributed by atoms with Crippen molar-refractivity contribution in [1.29, 1.82) is 0 Å². The van der Waals surface area contributed by atoms with E-state index in [9.17, 15) is 4.79 Å². The summed E-state index contributed by atoms with van der Waals surface area (Å²) < 4.78 is 0. The van der Waals surface area contributed by atoms with E-state index in [1.807, 2.05) is 36.4 Å². The highest BCUT2D eigenvalue weighted by molar-refractivity contribution is 6.30. The van der Waals surface area contributed by atoms with E-state index in [-0.39, 0.29) is 12.5 Å². The Morgan fingerprint density at radius 2 is 2.04 bits per heavy atom. The number of carbonyl (C=O) groups excluding carboxylic acids is 1. The molecule has 0 unspecified atom stereocenters. The number of tetrazole rings is 1. The average molecular weight is 370 g/mol. The molecule has 0 saturated carbocycles. The van der Waals surface area contributed by atoms with E-state index >= 15 is 0 Å². The van der Waals surface area contributed by atoms with Crippen molar-refractivity contribution in [2.45, 2.75) is 32.7 Å². The first kappa shape index (κ1) is 18.1. The summed E-state index contributed by atoms with van der Waals surface area (Å²) in [6.45, 7) is 4.25. The fraction of sp³-hybridized carbons (Fsp3) is 0.263. The summed E-state index contributed by atoms with van der Waals surface area (Å²) in [5.74, 6) is 0.599. The molecular formula is C19H20ClN5O. The number of nitrogens with zero attached hydrogens (tertiary/aromatic N) is 4. The molecule has 0 aliphatic rings. The summed E-state index contributed by atoms with van der Waals surface area (Å²) >= 11 is 5.98. The minimum absolute atomic E-state index is 0.0115. The lowest BCUT2D eigenvalue weighted by atomic mass is 9.97. The first-order valence-electron chi connectivity index (χ1n) is 8.49. The van der Waals surface area contributed by atoms with Gasteiger partial charge in [-0.15, -0.1) is 10.2 Å². The second kappa shape index (κ2) is 8.10. The molecule has 1 amide bonds. The lowest BCUT2D eigenvalue weighted by Crippen LogP contribution is -2.21. The molecule has 0 spiro atoms. The number of carbonyl (C=O) groups is 1. The normalized spacial score (nSPS) is 12.0. The summed E-state index contributed by atoms with van der Waals surface area (Å²) in [6.07, 6.45) is 1.00. The quantitative estimate of drug-likeness (QED) is 0.708. The highest BCUT2D eigenvalue weighted by Gasteiger charge is 2.13. The summed E-state index contributed by atoms with van der Waals surface area (Å²) in [6, 6.07) is 15.0. The molecule has 3 aromatic rings. The number of amides is 1. The maximum Gasteiger partial charge on any atom is 0.248 e. The summed E-state index contributed by atoms with van der Waals surface area (Å²) in [5, 5.41) is 15.7. The standard InChI is InChI=1S/C19H20ClN5O/c1-3-13(2)16-9-4-5-10-17(16)21-18(26)12-25-23-19(22-24-25)14-7-6-8-15(20)11-14/h4-11,13H,3,12H2,1-2H3,(H,21,26)/t13-/m1/s1. The SMILES string of the molecule is CC[C@@H](C)c1ccccc1NC(=O)Cn1nnc(-c2cccc(Cl)c2)n1. The van der Waals surface area contributed by atoms with E-state index < -0.39 is 0 Å². The summed E-state index contributed by atoms with van der Waals surface area (Å²) in [7, 11) is 0. The Morgan fingerprint density at radius 3 is 2.81 bits per heavy atom. The largest absolute Gasteiger partial charge is 0.324 e. The zero-order chi connectivity index (χ0) is 18.5. The van der Waals surface area contributed by atoms with Crippen LogP contribution in [0.1, 0.15) is 31.7 Å². The molecular weight excluding hydrogens is 350 g/mol. The first-order chi connectivity index (χ1) is 12.6. The van der Waals surface area contributed by atoms with Gasteiger partial charge in [0.15, 0.2) is 0 Å². The predicted molar refractivity (Wildman–Crippen MR) is 102 cm³/mol. The summed E-state index contributed by atoms with van der Waals surface area (Å²) in [4.78, 5) is 13.7. The fourth-order valence-corrected chi connectivity index (χ4v) is 2.82. The molecule has 0 aliphatic heterocycles. The van der Waals surface area contributed by atoms with Crippen LogP contribution < -0.4 is 5.32 Å². The Bertz CT molecular complexity index is 908. The summed E-state index contributed by atoms with van der Waals surface area (Å²) in [5.41, 5.74) is 2.70. The van der Waals surface area contributed by atoms with Crippen LogP contribution in [0.15, 0.2) is 48.5 Å². The Morgan fingerprint density at radius 1 is 1.23 bits per heavy atom. The van der Waals surface area contributed by atoms with Crippen molar-refractivity contribution >= 4 is 23.2 Å². The molecule has 1 atom stereocenters. The molecule has 1 heterocycles. The van der Waals surface area contributed by atoms with Crippen LogP contribution in [-0.2, 0) is 11.3 Å². The molecule has 1 aromatic heterocycles. The van der Waals surface area contributed by atoms with Gasteiger partial charge in [0, 0.05) is 16.3 Å². The van der Waals surface area contributed by atoms with E-state index in [0.717, 1.165) is 23.2 Å². The number of aromatic nitrogens is 4. The van der Waals surface area contributed by atoms with Crippen molar-refractivity contribution in [2.24, 2.45) is 0 Å². The van der Waals surface area contributed by atoms with Crippen LogP contribution in [0.2, 0.25) is 5.02 Å². The van der Waals surface area contributed by atoms with Crippen LogP contribution in [-0.4, -0.2) is 26.1 Å². The van der Waals surface area contributed by atoms with E-state index in [4.69, 9.17) is 11.6 Å². The number of benzene rings is 2. The lowest BCUT2D eigenvalue weighted by Gasteiger charge is -2.15. The minimum Gasteiger partial charge on any atom is -0.324 e. The first-order valence-corrected chi connectivity index (χ1v) is 8.87. The molecule has 2 aromatic carbocycles. The van der Waals surface area contributed by atoms with Crippen molar-refractivity contribution in [1.82, 2.24) is 20.2 Å². The highest BCUT2D eigenvalue weighted by atomic mass is 35.5. The lowest BCUT2D eigenvalue weighted by molar-refractivity contribution is -0.117. The molecule has 134 valence electrons. The second-order valence-electron chi connectivity index (χ2n) is 6.10. The van der Waals surface area contributed by atoms with Gasteiger partial charge in [0.05, 0.1) is 0 Å². The van der Waals surface area contributed by atoms with Gasteiger partial charge < -0.3 is 5.32 Å². The molecule has 26 heavy (non-hydrogen) atoms. The van der Waals surface area contributed by atoms with E-state index in [0.29, 0.717) is 16.8 Å². The zero-order valence-corrected chi connectivity index (χ0v) is 15.4. The van der Waals surface area contributed by atoms with Crippen LogP contribution in [0.4, 0.5) is 5.69 Å². The molecule has 1 N–H and O–H groups in total. The Kier molecular flexibility index (Phi) is 5.63. The smallest absolute Gasteiger partial charge is 0.248 e. The third-order valence-electron chi connectivity index (χ3n) is 4.20. The zero-order valence-electron chi connectivity index (χ0n) is 14.7. The van der Waals surface area contributed by atoms with E-state index in [1.165, 1.54) is 4.80 Å². The van der Waals surface area contributed by atoms with Gasteiger partial charge in [-0.05, 0) is 41.3 Å². The van der Waals surface area contributed by atoms with Gasteiger partial charge in [-0.25, -0.2) is 0 Å². The average Bonchev–Trinajstić information content (AvgIpc) is 3.10. The number of anilines is 1. The predicted octanol–water partition coefficient (Wildman–Crippen LogP) is 4.15. The molecule has 6 nitrogen and oxygen atoms in total. The van der Waals surface area contributed by atoms with Crippen LogP contribution in [0.5, 0.6) is 0 Å². The van der Waals surface area contributed by atoms with Gasteiger partial charge in [-0.1, -0.05) is 55.8 Å². The molecule has 0 aliphatic carbocycles. The Labute approximate surface area is 157 Å². The molecule has 0 fully saturated rings. The molecule has 7 heteroatoms. The van der Waals surface area contributed by atoms with Gasteiger partial charge in [0.2, 0.25) is 11.7 Å². The molecule has 0 saturated heterocycles. The fourth-order valence-electron chi connectivity index (χ4n) is 2.63. The third kappa shape index (κ3) is 4.26. The minimum atomic E-state index is -0.198. The van der Waals surface area contributed by atoms with Gasteiger partial charge in [0.25, 0.3) is 0 Å². The number of para-hydroxylation sites is 1. The van der Waals surface area contributed by atoms with Crippen molar-refractivity contribution in [2.75, 3.05) is 5.32 Å². The van der Waals surface area contributed by atoms with Crippen LogP contribution in [0.3, 0.4) is 0 Å². The molecule has 0 bridgehead atoms.